The zero-order valence-corrected chi connectivity index (χ0v) is 15.2. The Bertz CT molecular complexity index is 1010. The van der Waals surface area contributed by atoms with Crippen LogP contribution in [-0.4, -0.2) is 18.5 Å². The van der Waals surface area contributed by atoms with Gasteiger partial charge in [0.25, 0.3) is 0 Å². The van der Waals surface area contributed by atoms with Gasteiger partial charge >= 0.3 is 5.97 Å². The molecule has 2 aliphatic carbocycles. The molecule has 1 aromatic rings. The number of carbonyl (C=O) groups is 2. The molecule has 0 saturated heterocycles. The number of hydrogen-bond donors (Lipinski definition) is 1. The average Bonchev–Trinajstić information content (AvgIpc) is 2.78. The fraction of sp³-hybridized carbons (Fsp3) is 0.130. The van der Waals surface area contributed by atoms with Crippen molar-refractivity contribution in [1.82, 2.24) is 0 Å². The Kier molecular flexibility index (Phi) is 5.53. The van der Waals surface area contributed by atoms with Gasteiger partial charge in [0.2, 0.25) is 5.91 Å². The molecule has 0 aliphatic heterocycles. The van der Waals surface area contributed by atoms with E-state index in [-0.39, 0.29) is 12.5 Å². The molecule has 134 valence electrons. The summed E-state index contributed by atoms with van der Waals surface area (Å²) in [6.45, 7) is 3.40. The fourth-order valence-corrected chi connectivity index (χ4v) is 2.88. The Morgan fingerprint density at radius 2 is 1.56 bits per heavy atom. The molecule has 0 fully saturated rings. The van der Waals surface area contributed by atoms with Crippen LogP contribution in [0.25, 0.3) is 11.1 Å². The molecule has 0 heterocycles. The van der Waals surface area contributed by atoms with Crippen LogP contribution in [0.4, 0.5) is 5.69 Å². The molecule has 1 N–H and O–H groups in total. The van der Waals surface area contributed by atoms with Crippen molar-refractivity contribution in [2.24, 2.45) is 0 Å². The lowest BCUT2D eigenvalue weighted by Gasteiger charge is -2.06. The second-order valence-corrected chi connectivity index (χ2v) is 5.88. The first kappa shape index (κ1) is 18.2. The van der Waals surface area contributed by atoms with E-state index in [1.807, 2.05) is 60.7 Å². The van der Waals surface area contributed by atoms with Crippen LogP contribution in [0, 0.1) is 11.8 Å². The molecule has 1 aromatic carbocycles. The number of rotatable bonds is 3. The molecule has 3 rings (SSSR count). The minimum atomic E-state index is -0.481. The van der Waals surface area contributed by atoms with Gasteiger partial charge in [0, 0.05) is 18.1 Å². The fourth-order valence-electron chi connectivity index (χ4n) is 2.88. The normalized spacial score (nSPS) is 10.0. The van der Waals surface area contributed by atoms with E-state index in [9.17, 15) is 9.59 Å². The van der Waals surface area contributed by atoms with Crippen molar-refractivity contribution in [2.75, 3.05) is 11.9 Å². The molecule has 0 radical (unpaired) electrons. The van der Waals surface area contributed by atoms with E-state index < -0.39 is 5.97 Å². The minimum absolute atomic E-state index is 0.245. The Morgan fingerprint density at radius 3 is 2.19 bits per heavy atom. The molecule has 2 aliphatic rings. The monoisotopic (exact) mass is 357 g/mol. The zero-order valence-electron chi connectivity index (χ0n) is 15.2. The number of esters is 1. The molecular weight excluding hydrogens is 338 g/mol. The molecule has 0 saturated carbocycles. The van der Waals surface area contributed by atoms with E-state index in [0.29, 0.717) is 22.4 Å². The second-order valence-electron chi connectivity index (χ2n) is 5.88. The Balaban J connectivity index is 2.27. The Labute approximate surface area is 158 Å². The first-order valence-corrected chi connectivity index (χ1v) is 8.68. The summed E-state index contributed by atoms with van der Waals surface area (Å²) in [4.78, 5) is 24.4. The van der Waals surface area contributed by atoms with Crippen LogP contribution in [0.1, 0.15) is 35.3 Å². The summed E-state index contributed by atoms with van der Waals surface area (Å²) in [6.07, 6.45) is 0. The van der Waals surface area contributed by atoms with E-state index in [2.05, 4.69) is 17.2 Å². The number of fused-ring (bicyclic) bond motifs is 1. The molecule has 27 heavy (non-hydrogen) atoms. The van der Waals surface area contributed by atoms with Crippen LogP contribution in [0.2, 0.25) is 0 Å². The highest BCUT2D eigenvalue weighted by molar-refractivity contribution is 6.11. The van der Waals surface area contributed by atoms with Crippen LogP contribution in [0.5, 0.6) is 0 Å². The van der Waals surface area contributed by atoms with Gasteiger partial charge in [-0.25, -0.2) is 4.79 Å². The molecule has 0 atom stereocenters. The topological polar surface area (TPSA) is 55.4 Å². The number of hydrogen-bond acceptors (Lipinski definition) is 3. The first-order valence-electron chi connectivity index (χ1n) is 8.68. The maximum Gasteiger partial charge on any atom is 0.340 e. The number of amides is 1. The molecule has 0 aromatic heterocycles. The van der Waals surface area contributed by atoms with E-state index in [4.69, 9.17) is 4.74 Å². The van der Waals surface area contributed by atoms with Gasteiger partial charge in [-0.1, -0.05) is 60.4 Å². The predicted octanol–water partition coefficient (Wildman–Crippen LogP) is 4.33. The predicted molar refractivity (Wildman–Crippen MR) is 106 cm³/mol. The smallest absolute Gasteiger partial charge is 0.340 e. The van der Waals surface area contributed by atoms with Crippen molar-refractivity contribution in [3.63, 3.8) is 0 Å². The van der Waals surface area contributed by atoms with Gasteiger partial charge in [-0.3, -0.25) is 4.79 Å². The number of carbonyl (C=O) groups excluding carboxylic acids is 2. The molecule has 0 unspecified atom stereocenters. The van der Waals surface area contributed by atoms with Crippen molar-refractivity contribution < 1.29 is 14.3 Å². The van der Waals surface area contributed by atoms with E-state index >= 15 is 0 Å². The standard InChI is InChI=1S/C23H19NO3/c1-3-27-23(26)21-19-13-9-5-8-12-18(19)20(22(21)24-16(2)25)15-14-17-10-6-4-7-11-17/h4-13H,3H2,1-2H3,(H,24,25). The minimum Gasteiger partial charge on any atom is -0.462 e. The van der Waals surface area contributed by atoms with Crippen LogP contribution in [-0.2, 0) is 9.53 Å². The van der Waals surface area contributed by atoms with Crippen molar-refractivity contribution >= 4 is 17.6 Å². The van der Waals surface area contributed by atoms with Gasteiger partial charge in [-0.05, 0) is 24.6 Å². The van der Waals surface area contributed by atoms with Gasteiger partial charge in [0.05, 0.1) is 23.4 Å². The van der Waals surface area contributed by atoms with Crippen LogP contribution in [0.3, 0.4) is 0 Å². The van der Waals surface area contributed by atoms with Crippen molar-refractivity contribution in [3.8, 4) is 23.0 Å². The summed E-state index contributed by atoms with van der Waals surface area (Å²) >= 11 is 0. The number of anilines is 1. The third-order valence-corrected chi connectivity index (χ3v) is 3.96. The third-order valence-electron chi connectivity index (χ3n) is 3.96. The zero-order chi connectivity index (χ0) is 19.2. The molecule has 0 spiro atoms. The van der Waals surface area contributed by atoms with E-state index in [1.54, 1.807) is 6.92 Å². The van der Waals surface area contributed by atoms with Crippen molar-refractivity contribution in [1.29, 1.82) is 0 Å². The molecular formula is C23H19NO3. The Hall–Kier alpha value is -3.58. The highest BCUT2D eigenvalue weighted by atomic mass is 16.5. The van der Waals surface area contributed by atoms with Crippen LogP contribution in [0.15, 0.2) is 60.7 Å². The molecule has 0 bridgehead atoms. The van der Waals surface area contributed by atoms with Crippen LogP contribution >= 0.6 is 0 Å². The third kappa shape index (κ3) is 3.99. The average molecular weight is 357 g/mol. The van der Waals surface area contributed by atoms with Crippen LogP contribution < -0.4 is 5.32 Å². The van der Waals surface area contributed by atoms with Gasteiger partial charge < -0.3 is 10.1 Å². The highest BCUT2D eigenvalue weighted by Gasteiger charge is 2.27. The lowest BCUT2D eigenvalue weighted by molar-refractivity contribution is -0.114. The number of ether oxygens (including phenoxy) is 1. The lowest BCUT2D eigenvalue weighted by atomic mass is 10.1. The number of benzene rings is 1. The summed E-state index contributed by atoms with van der Waals surface area (Å²) in [5.74, 6) is 5.49. The summed E-state index contributed by atoms with van der Waals surface area (Å²) in [5.41, 5.74) is 3.65. The molecule has 4 heteroatoms. The maximum absolute atomic E-state index is 12.6. The quantitative estimate of drug-likeness (QED) is 0.561. The maximum atomic E-state index is 12.6. The van der Waals surface area contributed by atoms with Gasteiger partial charge in [-0.15, -0.1) is 0 Å². The highest BCUT2D eigenvalue weighted by Crippen LogP contribution is 2.40. The first-order chi connectivity index (χ1) is 13.1. The summed E-state index contributed by atoms with van der Waals surface area (Å²) < 4.78 is 5.23. The largest absolute Gasteiger partial charge is 0.462 e. The van der Waals surface area contributed by atoms with Gasteiger partial charge in [0.1, 0.15) is 0 Å². The number of nitrogens with one attached hydrogen (secondary N) is 1. The van der Waals surface area contributed by atoms with Crippen molar-refractivity contribution in [3.05, 3.63) is 77.4 Å². The Morgan fingerprint density at radius 1 is 0.926 bits per heavy atom. The lowest BCUT2D eigenvalue weighted by Crippen LogP contribution is -2.12. The van der Waals surface area contributed by atoms with Crippen molar-refractivity contribution in [2.45, 2.75) is 13.8 Å². The van der Waals surface area contributed by atoms with Gasteiger partial charge in [-0.2, -0.15) is 0 Å². The molecule has 1 amide bonds. The summed E-state index contributed by atoms with van der Waals surface area (Å²) in [5, 5.41) is 2.77. The van der Waals surface area contributed by atoms with Gasteiger partial charge in [0.15, 0.2) is 0 Å². The van der Waals surface area contributed by atoms with E-state index in [1.165, 1.54) is 6.92 Å². The summed E-state index contributed by atoms with van der Waals surface area (Å²) in [6, 6.07) is 18.9. The summed E-state index contributed by atoms with van der Waals surface area (Å²) in [7, 11) is 0. The second kappa shape index (κ2) is 8.20. The SMILES string of the molecule is CCOC(=O)c1c2cccccc-2c(C#Cc2ccccc2)c1NC(C)=O. The molecule has 4 nitrogen and oxygen atoms in total. The van der Waals surface area contributed by atoms with E-state index in [0.717, 1.165) is 11.1 Å².